The van der Waals surface area contributed by atoms with Crippen molar-refractivity contribution in [3.63, 3.8) is 0 Å². The molecule has 0 bridgehead atoms. The second-order valence-electron chi connectivity index (χ2n) is 3.05. The van der Waals surface area contributed by atoms with Gasteiger partial charge in [0.25, 0.3) is 0 Å². The van der Waals surface area contributed by atoms with E-state index in [9.17, 15) is 9.90 Å². The quantitative estimate of drug-likeness (QED) is 0.755. The molecule has 0 fully saturated rings. The maximum absolute atomic E-state index is 11.1. The van der Waals surface area contributed by atoms with Crippen LogP contribution >= 0.6 is 11.6 Å². The Hall–Kier alpha value is -1.10. The Morgan fingerprint density at radius 3 is 2.47 bits per heavy atom. The summed E-state index contributed by atoms with van der Waals surface area (Å²) in [4.78, 5) is 11.1. The first kappa shape index (κ1) is 12.0. The van der Waals surface area contributed by atoms with Gasteiger partial charge in [-0.1, -0.05) is 23.7 Å². The zero-order chi connectivity index (χ0) is 11.4. The number of rotatable bonds is 3. The van der Waals surface area contributed by atoms with Crippen molar-refractivity contribution in [2.45, 2.75) is 12.1 Å². The van der Waals surface area contributed by atoms with E-state index < -0.39 is 18.1 Å². The van der Waals surface area contributed by atoms with Crippen LogP contribution in [0.3, 0.4) is 0 Å². The lowest BCUT2D eigenvalue weighted by Gasteiger charge is -2.16. The minimum Gasteiger partial charge on any atom is -0.468 e. The standard InChI is InChI=1S/C10H12ClNO3/c1-15-10(14)8(12)9(13)6-2-4-7(11)5-3-6/h2-5,8-9,13H,12H2,1H3/t8-,9?/m0/s1. The number of carbonyl (C=O) groups is 1. The van der Waals surface area contributed by atoms with Crippen molar-refractivity contribution in [1.29, 1.82) is 0 Å². The second-order valence-corrected chi connectivity index (χ2v) is 3.48. The van der Waals surface area contributed by atoms with Gasteiger partial charge in [0.15, 0.2) is 0 Å². The number of halogens is 1. The van der Waals surface area contributed by atoms with Crippen LogP contribution in [0, 0.1) is 0 Å². The zero-order valence-corrected chi connectivity index (χ0v) is 8.94. The average molecular weight is 230 g/mol. The van der Waals surface area contributed by atoms with Crippen molar-refractivity contribution >= 4 is 17.6 Å². The first-order valence-corrected chi connectivity index (χ1v) is 4.71. The van der Waals surface area contributed by atoms with E-state index in [0.29, 0.717) is 10.6 Å². The summed E-state index contributed by atoms with van der Waals surface area (Å²) in [6, 6.07) is 5.36. The van der Waals surface area contributed by atoms with Crippen molar-refractivity contribution in [2.24, 2.45) is 5.73 Å². The molecule has 1 aromatic rings. The number of carbonyl (C=O) groups excluding carboxylic acids is 1. The fraction of sp³-hybridized carbons (Fsp3) is 0.300. The Labute approximate surface area is 92.6 Å². The lowest BCUT2D eigenvalue weighted by Crippen LogP contribution is -2.37. The highest BCUT2D eigenvalue weighted by Gasteiger charge is 2.24. The highest BCUT2D eigenvalue weighted by atomic mass is 35.5. The molecule has 4 nitrogen and oxygen atoms in total. The summed E-state index contributed by atoms with van der Waals surface area (Å²) in [6.07, 6.45) is -1.09. The van der Waals surface area contributed by atoms with Crippen LogP contribution in [0.25, 0.3) is 0 Å². The summed E-state index contributed by atoms with van der Waals surface area (Å²) in [7, 11) is 1.22. The van der Waals surface area contributed by atoms with Gasteiger partial charge in [-0.2, -0.15) is 0 Å². The number of hydrogen-bond donors (Lipinski definition) is 2. The summed E-state index contributed by atoms with van der Waals surface area (Å²) in [6.45, 7) is 0. The number of esters is 1. The van der Waals surface area contributed by atoms with Gasteiger partial charge in [0.2, 0.25) is 0 Å². The Morgan fingerprint density at radius 2 is 2.00 bits per heavy atom. The van der Waals surface area contributed by atoms with Gasteiger partial charge < -0.3 is 15.6 Å². The Bertz CT molecular complexity index is 339. The molecule has 0 aliphatic heterocycles. The lowest BCUT2D eigenvalue weighted by molar-refractivity contribution is -0.145. The molecule has 0 aliphatic rings. The molecule has 3 N–H and O–H groups in total. The molecule has 5 heteroatoms. The first-order valence-electron chi connectivity index (χ1n) is 4.33. The molecular formula is C10H12ClNO3. The summed E-state index contributed by atoms with van der Waals surface area (Å²) >= 11 is 5.68. The summed E-state index contributed by atoms with van der Waals surface area (Å²) in [5.74, 6) is -0.655. The van der Waals surface area contributed by atoms with Crippen LogP contribution in [0.1, 0.15) is 11.7 Å². The van der Waals surface area contributed by atoms with Gasteiger partial charge >= 0.3 is 5.97 Å². The van der Waals surface area contributed by atoms with Gasteiger partial charge in [0.05, 0.1) is 7.11 Å². The van der Waals surface area contributed by atoms with Crippen LogP contribution < -0.4 is 5.73 Å². The molecule has 1 unspecified atom stereocenters. The number of nitrogens with two attached hydrogens (primary N) is 1. The van der Waals surface area contributed by atoms with Crippen molar-refractivity contribution in [1.82, 2.24) is 0 Å². The van der Waals surface area contributed by atoms with Crippen LogP contribution in [-0.4, -0.2) is 24.2 Å². The third kappa shape index (κ3) is 2.92. The molecule has 15 heavy (non-hydrogen) atoms. The molecule has 1 rings (SSSR count). The van der Waals surface area contributed by atoms with Crippen molar-refractivity contribution in [3.8, 4) is 0 Å². The predicted molar refractivity (Wildman–Crippen MR) is 56.4 cm³/mol. The minimum atomic E-state index is -1.09. The van der Waals surface area contributed by atoms with Gasteiger partial charge in [0.1, 0.15) is 12.1 Å². The number of benzene rings is 1. The molecule has 0 aromatic heterocycles. The first-order chi connectivity index (χ1) is 7.06. The maximum atomic E-state index is 11.1. The highest BCUT2D eigenvalue weighted by Crippen LogP contribution is 2.18. The third-order valence-electron chi connectivity index (χ3n) is 2.03. The van der Waals surface area contributed by atoms with E-state index in [1.807, 2.05) is 0 Å². The molecule has 0 saturated carbocycles. The SMILES string of the molecule is COC(=O)[C@@H](N)C(O)c1ccc(Cl)cc1. The van der Waals surface area contributed by atoms with Crippen molar-refractivity contribution < 1.29 is 14.6 Å². The normalized spacial score (nSPS) is 14.4. The number of ether oxygens (including phenoxy) is 1. The highest BCUT2D eigenvalue weighted by molar-refractivity contribution is 6.30. The molecule has 0 radical (unpaired) electrons. The van der Waals surface area contributed by atoms with Gasteiger partial charge in [-0.25, -0.2) is 0 Å². The van der Waals surface area contributed by atoms with Gasteiger partial charge in [-0.15, -0.1) is 0 Å². The van der Waals surface area contributed by atoms with E-state index in [0.717, 1.165) is 0 Å². The molecule has 0 heterocycles. The number of hydrogen-bond acceptors (Lipinski definition) is 4. The third-order valence-corrected chi connectivity index (χ3v) is 2.28. The van der Waals surface area contributed by atoms with E-state index in [2.05, 4.69) is 4.74 Å². The fourth-order valence-electron chi connectivity index (χ4n) is 1.13. The van der Waals surface area contributed by atoms with Gasteiger partial charge in [0, 0.05) is 5.02 Å². The Morgan fingerprint density at radius 1 is 1.47 bits per heavy atom. The zero-order valence-electron chi connectivity index (χ0n) is 8.18. The van der Waals surface area contributed by atoms with E-state index in [4.69, 9.17) is 17.3 Å². The molecule has 1 aromatic carbocycles. The molecular weight excluding hydrogens is 218 g/mol. The van der Waals surface area contributed by atoms with Crippen LogP contribution in [0.15, 0.2) is 24.3 Å². The lowest BCUT2D eigenvalue weighted by atomic mass is 10.0. The molecule has 2 atom stereocenters. The largest absolute Gasteiger partial charge is 0.468 e. The smallest absolute Gasteiger partial charge is 0.325 e. The van der Waals surface area contributed by atoms with Gasteiger partial charge in [-0.05, 0) is 17.7 Å². The van der Waals surface area contributed by atoms with Crippen LogP contribution in [0.4, 0.5) is 0 Å². The van der Waals surface area contributed by atoms with E-state index in [1.54, 1.807) is 24.3 Å². The van der Waals surface area contributed by atoms with E-state index >= 15 is 0 Å². The predicted octanol–water partition coefficient (Wildman–Crippen LogP) is 0.874. The Balaban J connectivity index is 2.80. The molecule has 0 saturated heterocycles. The average Bonchev–Trinajstić information content (AvgIpc) is 2.27. The van der Waals surface area contributed by atoms with Gasteiger partial charge in [-0.3, -0.25) is 4.79 Å². The summed E-state index contributed by atoms with van der Waals surface area (Å²) in [5.41, 5.74) is 6.01. The van der Waals surface area contributed by atoms with E-state index in [1.165, 1.54) is 7.11 Å². The summed E-state index contributed by atoms with van der Waals surface area (Å²) in [5, 5.41) is 10.3. The second kappa shape index (κ2) is 5.11. The molecule has 0 aliphatic carbocycles. The number of methoxy groups -OCH3 is 1. The number of aliphatic hydroxyl groups excluding tert-OH is 1. The van der Waals surface area contributed by atoms with E-state index in [-0.39, 0.29) is 0 Å². The fourth-order valence-corrected chi connectivity index (χ4v) is 1.26. The van der Waals surface area contributed by atoms with Crippen LogP contribution in [-0.2, 0) is 9.53 Å². The van der Waals surface area contributed by atoms with Crippen LogP contribution in [0.2, 0.25) is 5.02 Å². The molecule has 0 amide bonds. The maximum Gasteiger partial charge on any atom is 0.325 e. The summed E-state index contributed by atoms with van der Waals surface area (Å²) < 4.78 is 4.43. The monoisotopic (exact) mass is 229 g/mol. The van der Waals surface area contributed by atoms with Crippen LogP contribution in [0.5, 0.6) is 0 Å². The molecule has 82 valence electrons. The van der Waals surface area contributed by atoms with Crippen molar-refractivity contribution in [3.05, 3.63) is 34.9 Å². The molecule has 0 spiro atoms. The van der Waals surface area contributed by atoms with Crippen molar-refractivity contribution in [2.75, 3.05) is 7.11 Å². The topological polar surface area (TPSA) is 72.5 Å². The minimum absolute atomic E-state index is 0.525. The Kier molecular flexibility index (Phi) is 4.08. The number of aliphatic hydroxyl groups is 1.